The van der Waals surface area contributed by atoms with Crippen molar-refractivity contribution in [2.24, 2.45) is 0 Å². The number of nitrogens with one attached hydrogen (secondary N) is 1. The lowest BCUT2D eigenvalue weighted by Crippen LogP contribution is -2.59. The SMILES string of the molecule is C[C@H]1CN(C(=O)OC(C)(C)C)C2(CC2)CN1. The van der Waals surface area contributed by atoms with Crippen LogP contribution in [-0.4, -0.2) is 41.3 Å². The highest BCUT2D eigenvalue weighted by Crippen LogP contribution is 2.43. The van der Waals surface area contributed by atoms with E-state index in [1.807, 2.05) is 25.7 Å². The molecule has 1 atom stereocenters. The number of hydrogen-bond acceptors (Lipinski definition) is 3. The molecule has 1 amide bonds. The summed E-state index contributed by atoms with van der Waals surface area (Å²) in [7, 11) is 0. The van der Waals surface area contributed by atoms with Gasteiger partial charge in [0.15, 0.2) is 0 Å². The molecular weight excluding hydrogens is 204 g/mol. The molecular formula is C12H22N2O2. The van der Waals surface area contributed by atoms with Crippen molar-refractivity contribution in [2.45, 2.75) is 57.7 Å². The summed E-state index contributed by atoms with van der Waals surface area (Å²) >= 11 is 0. The summed E-state index contributed by atoms with van der Waals surface area (Å²) < 4.78 is 5.46. The first-order chi connectivity index (χ1) is 7.32. The molecule has 1 saturated carbocycles. The minimum Gasteiger partial charge on any atom is -0.444 e. The fourth-order valence-electron chi connectivity index (χ4n) is 2.17. The van der Waals surface area contributed by atoms with Crippen LogP contribution in [0.4, 0.5) is 4.79 Å². The second kappa shape index (κ2) is 3.62. The number of carbonyl (C=O) groups is 1. The number of hydrogen-bond donors (Lipinski definition) is 1. The maximum Gasteiger partial charge on any atom is 0.410 e. The number of rotatable bonds is 0. The average molecular weight is 226 g/mol. The van der Waals surface area contributed by atoms with E-state index in [0.717, 1.165) is 25.9 Å². The molecule has 4 nitrogen and oxygen atoms in total. The average Bonchev–Trinajstić information content (AvgIpc) is 2.88. The Morgan fingerprint density at radius 2 is 2.06 bits per heavy atom. The molecule has 2 fully saturated rings. The summed E-state index contributed by atoms with van der Waals surface area (Å²) in [4.78, 5) is 14.0. The van der Waals surface area contributed by atoms with Crippen molar-refractivity contribution in [1.82, 2.24) is 10.2 Å². The van der Waals surface area contributed by atoms with Gasteiger partial charge in [-0.1, -0.05) is 0 Å². The number of nitrogens with zero attached hydrogens (tertiary/aromatic N) is 1. The predicted molar refractivity (Wildman–Crippen MR) is 62.4 cm³/mol. The molecule has 1 N–H and O–H groups in total. The van der Waals surface area contributed by atoms with Gasteiger partial charge in [0.1, 0.15) is 5.60 Å². The summed E-state index contributed by atoms with van der Waals surface area (Å²) in [6, 6.07) is 0.360. The Labute approximate surface area is 97.3 Å². The van der Waals surface area contributed by atoms with Crippen LogP contribution in [0.25, 0.3) is 0 Å². The summed E-state index contributed by atoms with van der Waals surface area (Å²) in [5.74, 6) is 0. The van der Waals surface area contributed by atoms with E-state index in [9.17, 15) is 4.79 Å². The second-order valence-electron chi connectivity index (χ2n) is 6.10. The maximum absolute atomic E-state index is 12.1. The quantitative estimate of drug-likeness (QED) is 0.684. The molecule has 1 aliphatic carbocycles. The van der Waals surface area contributed by atoms with E-state index in [4.69, 9.17) is 4.74 Å². The molecule has 92 valence electrons. The minimum atomic E-state index is -0.402. The van der Waals surface area contributed by atoms with Crippen LogP contribution in [-0.2, 0) is 4.74 Å². The summed E-state index contributed by atoms with van der Waals surface area (Å²) in [5.41, 5.74) is -0.337. The second-order valence-corrected chi connectivity index (χ2v) is 6.10. The lowest BCUT2D eigenvalue weighted by Gasteiger charge is -2.40. The molecule has 1 spiro atoms. The van der Waals surface area contributed by atoms with Crippen molar-refractivity contribution in [1.29, 1.82) is 0 Å². The zero-order valence-electron chi connectivity index (χ0n) is 10.7. The van der Waals surface area contributed by atoms with Crippen LogP contribution in [0, 0.1) is 0 Å². The highest BCUT2D eigenvalue weighted by atomic mass is 16.6. The Morgan fingerprint density at radius 1 is 1.44 bits per heavy atom. The van der Waals surface area contributed by atoms with Crippen molar-refractivity contribution in [3.05, 3.63) is 0 Å². The third kappa shape index (κ3) is 2.32. The van der Waals surface area contributed by atoms with Gasteiger partial charge in [0.25, 0.3) is 0 Å². The van der Waals surface area contributed by atoms with Gasteiger partial charge in [0, 0.05) is 19.1 Å². The van der Waals surface area contributed by atoms with Gasteiger partial charge in [-0.05, 0) is 40.5 Å². The maximum atomic E-state index is 12.1. The van der Waals surface area contributed by atoms with Crippen LogP contribution in [0.3, 0.4) is 0 Å². The van der Waals surface area contributed by atoms with E-state index >= 15 is 0 Å². The van der Waals surface area contributed by atoms with Gasteiger partial charge in [-0.3, -0.25) is 4.90 Å². The normalized spacial score (nSPS) is 28.0. The van der Waals surface area contributed by atoms with E-state index in [1.54, 1.807) is 0 Å². The minimum absolute atomic E-state index is 0.0643. The first kappa shape index (κ1) is 11.7. The van der Waals surface area contributed by atoms with Crippen molar-refractivity contribution in [2.75, 3.05) is 13.1 Å². The lowest BCUT2D eigenvalue weighted by molar-refractivity contribution is 0.00418. The number of ether oxygens (including phenoxy) is 1. The number of amides is 1. The molecule has 2 aliphatic rings. The fourth-order valence-corrected chi connectivity index (χ4v) is 2.17. The molecule has 1 aliphatic heterocycles. The lowest BCUT2D eigenvalue weighted by atomic mass is 10.1. The van der Waals surface area contributed by atoms with Crippen molar-refractivity contribution in [3.8, 4) is 0 Å². The van der Waals surface area contributed by atoms with Gasteiger partial charge in [-0.2, -0.15) is 0 Å². The Bertz CT molecular complexity index is 292. The zero-order valence-corrected chi connectivity index (χ0v) is 10.7. The monoisotopic (exact) mass is 226 g/mol. The number of carbonyl (C=O) groups excluding carboxylic acids is 1. The first-order valence-corrected chi connectivity index (χ1v) is 6.06. The molecule has 0 bridgehead atoms. The van der Waals surface area contributed by atoms with Gasteiger partial charge in [-0.15, -0.1) is 0 Å². The van der Waals surface area contributed by atoms with Crippen LogP contribution in [0.2, 0.25) is 0 Å². The van der Waals surface area contributed by atoms with Crippen molar-refractivity contribution in [3.63, 3.8) is 0 Å². The summed E-state index contributed by atoms with van der Waals surface area (Å²) in [5, 5.41) is 3.43. The Morgan fingerprint density at radius 3 is 2.56 bits per heavy atom. The molecule has 0 aromatic rings. The smallest absolute Gasteiger partial charge is 0.410 e. The highest BCUT2D eigenvalue weighted by molar-refractivity contribution is 5.70. The third-order valence-corrected chi connectivity index (χ3v) is 3.25. The third-order valence-electron chi connectivity index (χ3n) is 3.25. The van der Waals surface area contributed by atoms with Gasteiger partial charge >= 0.3 is 6.09 Å². The van der Waals surface area contributed by atoms with Crippen molar-refractivity contribution >= 4 is 6.09 Å². The standard InChI is InChI=1S/C12H22N2O2/c1-9-7-14(10(15)16-11(2,3)4)12(5-6-12)8-13-9/h9,13H,5-8H2,1-4H3/t9-/m0/s1. The van der Waals surface area contributed by atoms with Gasteiger partial charge in [0.05, 0.1) is 5.54 Å². The fraction of sp³-hybridized carbons (Fsp3) is 0.917. The molecule has 0 unspecified atom stereocenters. The molecule has 4 heteroatoms. The molecule has 1 saturated heterocycles. The highest BCUT2D eigenvalue weighted by Gasteiger charge is 2.53. The van der Waals surface area contributed by atoms with Gasteiger partial charge < -0.3 is 10.1 Å². The van der Waals surface area contributed by atoms with Gasteiger partial charge in [0.2, 0.25) is 0 Å². The largest absolute Gasteiger partial charge is 0.444 e. The van der Waals surface area contributed by atoms with Crippen LogP contribution in [0.1, 0.15) is 40.5 Å². The number of piperazine rings is 1. The molecule has 2 rings (SSSR count). The zero-order chi connectivity index (χ0) is 12.0. The molecule has 0 radical (unpaired) electrons. The van der Waals surface area contributed by atoms with Crippen LogP contribution >= 0.6 is 0 Å². The van der Waals surface area contributed by atoms with E-state index in [2.05, 4.69) is 12.2 Å². The van der Waals surface area contributed by atoms with Crippen LogP contribution in [0.5, 0.6) is 0 Å². The Balaban J connectivity index is 2.03. The van der Waals surface area contributed by atoms with E-state index in [1.165, 1.54) is 0 Å². The van der Waals surface area contributed by atoms with Crippen LogP contribution < -0.4 is 5.32 Å². The molecule has 16 heavy (non-hydrogen) atoms. The molecule has 0 aromatic heterocycles. The summed E-state index contributed by atoms with van der Waals surface area (Å²) in [6.07, 6.45) is 2.05. The van der Waals surface area contributed by atoms with Crippen molar-refractivity contribution < 1.29 is 9.53 Å². The first-order valence-electron chi connectivity index (χ1n) is 6.06. The topological polar surface area (TPSA) is 41.6 Å². The van der Waals surface area contributed by atoms with E-state index < -0.39 is 5.60 Å². The Hall–Kier alpha value is -0.770. The van der Waals surface area contributed by atoms with Crippen LogP contribution in [0.15, 0.2) is 0 Å². The van der Waals surface area contributed by atoms with E-state index in [0.29, 0.717) is 6.04 Å². The summed E-state index contributed by atoms with van der Waals surface area (Å²) in [6.45, 7) is 9.51. The predicted octanol–water partition coefficient (Wildman–Crippen LogP) is 1.75. The molecule has 0 aromatic carbocycles. The Kier molecular flexibility index (Phi) is 2.65. The van der Waals surface area contributed by atoms with E-state index in [-0.39, 0.29) is 11.6 Å². The van der Waals surface area contributed by atoms with Gasteiger partial charge in [-0.25, -0.2) is 4.79 Å². The molecule has 1 heterocycles.